The molecule has 0 radical (unpaired) electrons. The molecule has 2 heterocycles. The third-order valence-corrected chi connectivity index (χ3v) is 4.12. The molecule has 2 aromatic heterocycles. The number of ketones is 1. The second-order valence-electron chi connectivity index (χ2n) is 6.22. The van der Waals surface area contributed by atoms with Crippen LogP contribution in [0.25, 0.3) is 5.82 Å². The van der Waals surface area contributed by atoms with Gasteiger partial charge in [-0.15, -0.1) is 0 Å². The van der Waals surface area contributed by atoms with Crippen molar-refractivity contribution in [3.8, 4) is 11.6 Å². The smallest absolute Gasteiger partial charge is 0.344 e. The summed E-state index contributed by atoms with van der Waals surface area (Å²) >= 11 is 0. The molecule has 8 heteroatoms. The van der Waals surface area contributed by atoms with Crippen molar-refractivity contribution in [2.24, 2.45) is 0 Å². The number of benzene rings is 1. The molecule has 0 atom stereocenters. The number of hydrogen-bond donors (Lipinski definition) is 0. The summed E-state index contributed by atoms with van der Waals surface area (Å²) in [5.41, 5.74) is 1.87. The quantitative estimate of drug-likeness (QED) is 0.457. The minimum Gasteiger partial charge on any atom is -0.479 e. The van der Waals surface area contributed by atoms with E-state index in [-0.39, 0.29) is 11.5 Å². The maximum atomic E-state index is 13.5. The van der Waals surface area contributed by atoms with Crippen LogP contribution in [-0.2, 0) is 9.53 Å². The normalized spacial score (nSPS) is 10.7. The summed E-state index contributed by atoms with van der Waals surface area (Å²) in [5.74, 6) is -0.545. The largest absolute Gasteiger partial charge is 0.479 e. The van der Waals surface area contributed by atoms with Gasteiger partial charge in [0.1, 0.15) is 5.76 Å². The number of hydrogen-bond acceptors (Lipinski definition) is 6. The highest BCUT2D eigenvalue weighted by atomic mass is 19.1. The van der Waals surface area contributed by atoms with E-state index in [1.807, 2.05) is 6.92 Å². The SMILES string of the molecule is Cc1cc(-n2c(C)cc(C(=O)COC(=O)COc3ccccc3F)c2C)no1. The summed E-state index contributed by atoms with van der Waals surface area (Å²) in [6, 6.07) is 9.17. The second-order valence-corrected chi connectivity index (χ2v) is 6.22. The first-order chi connectivity index (χ1) is 13.4. The van der Waals surface area contributed by atoms with Gasteiger partial charge in [-0.05, 0) is 39.0 Å². The lowest BCUT2D eigenvalue weighted by molar-refractivity contribution is -0.144. The van der Waals surface area contributed by atoms with Crippen LogP contribution in [0.15, 0.2) is 40.9 Å². The van der Waals surface area contributed by atoms with Crippen molar-refractivity contribution in [1.29, 1.82) is 0 Å². The third-order valence-electron chi connectivity index (χ3n) is 4.12. The Labute approximate surface area is 160 Å². The fourth-order valence-electron chi connectivity index (χ4n) is 2.82. The summed E-state index contributed by atoms with van der Waals surface area (Å²) in [4.78, 5) is 24.3. The molecule has 0 fully saturated rings. The number of rotatable bonds is 7. The molecule has 7 nitrogen and oxygen atoms in total. The number of halogens is 1. The standard InChI is InChI=1S/C20H19FN2O5/c1-12-8-15(14(3)23(12)19-9-13(2)28-22-19)17(24)10-27-20(25)11-26-18-7-5-4-6-16(18)21/h4-9H,10-11H2,1-3H3. The number of aryl methyl sites for hydroxylation is 2. The van der Waals surface area contributed by atoms with Crippen molar-refractivity contribution in [3.05, 3.63) is 64.9 Å². The first kappa shape index (κ1) is 19.3. The molecule has 146 valence electrons. The molecule has 3 rings (SSSR count). The molecule has 0 aliphatic rings. The number of ether oxygens (including phenoxy) is 2. The van der Waals surface area contributed by atoms with Crippen LogP contribution in [-0.4, -0.2) is 34.7 Å². The van der Waals surface area contributed by atoms with Crippen molar-refractivity contribution < 1.29 is 28.0 Å². The zero-order valence-electron chi connectivity index (χ0n) is 15.7. The maximum absolute atomic E-state index is 13.5. The Balaban J connectivity index is 1.61. The minimum absolute atomic E-state index is 0.0581. The Morgan fingerprint density at radius 3 is 2.57 bits per heavy atom. The van der Waals surface area contributed by atoms with Gasteiger partial charge in [0.15, 0.2) is 30.6 Å². The molecule has 3 aromatic rings. The molecule has 0 bridgehead atoms. The zero-order chi connectivity index (χ0) is 20.3. The van der Waals surface area contributed by atoms with Crippen molar-refractivity contribution >= 4 is 11.8 Å². The van der Waals surface area contributed by atoms with Gasteiger partial charge in [-0.1, -0.05) is 17.3 Å². The number of para-hydroxylation sites is 1. The van der Waals surface area contributed by atoms with Gasteiger partial charge in [-0.2, -0.15) is 0 Å². The van der Waals surface area contributed by atoms with Gasteiger partial charge < -0.3 is 14.0 Å². The molecule has 0 unspecified atom stereocenters. The number of carbonyl (C=O) groups is 2. The van der Waals surface area contributed by atoms with Crippen LogP contribution < -0.4 is 4.74 Å². The van der Waals surface area contributed by atoms with Crippen LogP contribution >= 0.6 is 0 Å². The van der Waals surface area contributed by atoms with E-state index in [1.165, 1.54) is 18.2 Å². The third kappa shape index (κ3) is 4.11. The van der Waals surface area contributed by atoms with Gasteiger partial charge in [0.05, 0.1) is 0 Å². The Kier molecular flexibility index (Phi) is 5.58. The highest BCUT2D eigenvalue weighted by Gasteiger charge is 2.19. The van der Waals surface area contributed by atoms with Gasteiger partial charge in [0, 0.05) is 23.0 Å². The Morgan fingerprint density at radius 1 is 1.14 bits per heavy atom. The summed E-state index contributed by atoms with van der Waals surface area (Å²) in [7, 11) is 0. The molecule has 0 saturated carbocycles. The van der Waals surface area contributed by atoms with Crippen LogP contribution in [0.2, 0.25) is 0 Å². The number of carbonyl (C=O) groups excluding carboxylic acids is 2. The summed E-state index contributed by atoms with van der Waals surface area (Å²) in [6.45, 7) is 4.45. The Bertz CT molecular complexity index is 1020. The van der Waals surface area contributed by atoms with E-state index < -0.39 is 25.0 Å². The molecule has 0 saturated heterocycles. The van der Waals surface area contributed by atoms with Gasteiger partial charge in [0.2, 0.25) is 5.78 Å². The van der Waals surface area contributed by atoms with Gasteiger partial charge in [0.25, 0.3) is 0 Å². The van der Waals surface area contributed by atoms with E-state index in [1.54, 1.807) is 36.6 Å². The first-order valence-electron chi connectivity index (χ1n) is 8.55. The van der Waals surface area contributed by atoms with Crippen molar-refractivity contribution in [3.63, 3.8) is 0 Å². The minimum atomic E-state index is -0.766. The topological polar surface area (TPSA) is 83.6 Å². The monoisotopic (exact) mass is 386 g/mol. The summed E-state index contributed by atoms with van der Waals surface area (Å²) in [6.07, 6.45) is 0. The Morgan fingerprint density at radius 2 is 1.89 bits per heavy atom. The van der Waals surface area contributed by atoms with E-state index in [9.17, 15) is 14.0 Å². The predicted molar refractivity (Wildman–Crippen MR) is 97.2 cm³/mol. The van der Waals surface area contributed by atoms with E-state index in [0.717, 1.165) is 5.69 Å². The maximum Gasteiger partial charge on any atom is 0.344 e. The van der Waals surface area contributed by atoms with Gasteiger partial charge in [-0.25, -0.2) is 9.18 Å². The molecular weight excluding hydrogens is 367 g/mol. The lowest BCUT2D eigenvalue weighted by Gasteiger charge is -2.08. The second kappa shape index (κ2) is 8.08. The molecule has 0 spiro atoms. The Hall–Kier alpha value is -3.42. The fourth-order valence-corrected chi connectivity index (χ4v) is 2.82. The number of Topliss-reactive ketones (excluding diaryl/α,β-unsaturated/α-hetero) is 1. The van der Waals surface area contributed by atoms with Crippen molar-refractivity contribution in [2.45, 2.75) is 20.8 Å². The predicted octanol–water partition coefficient (Wildman–Crippen LogP) is 3.33. The highest BCUT2D eigenvalue weighted by Crippen LogP contribution is 2.21. The van der Waals surface area contributed by atoms with Crippen LogP contribution in [0.5, 0.6) is 5.75 Å². The number of aromatic nitrogens is 2. The number of esters is 1. The van der Waals surface area contributed by atoms with Crippen LogP contribution in [0.1, 0.15) is 27.5 Å². The molecule has 0 amide bonds. The van der Waals surface area contributed by atoms with Gasteiger partial charge >= 0.3 is 5.97 Å². The number of nitrogens with zero attached hydrogens (tertiary/aromatic N) is 2. The van der Waals surface area contributed by atoms with Crippen LogP contribution in [0, 0.1) is 26.6 Å². The van der Waals surface area contributed by atoms with Crippen LogP contribution in [0.3, 0.4) is 0 Å². The lowest BCUT2D eigenvalue weighted by atomic mass is 10.1. The fraction of sp³-hybridized carbons (Fsp3) is 0.250. The van der Waals surface area contributed by atoms with E-state index in [2.05, 4.69) is 5.16 Å². The summed E-state index contributed by atoms with van der Waals surface area (Å²) < 4.78 is 30.3. The lowest BCUT2D eigenvalue weighted by Crippen LogP contribution is -2.20. The van der Waals surface area contributed by atoms with E-state index in [0.29, 0.717) is 22.8 Å². The van der Waals surface area contributed by atoms with Crippen molar-refractivity contribution in [2.75, 3.05) is 13.2 Å². The van der Waals surface area contributed by atoms with Crippen LogP contribution in [0.4, 0.5) is 4.39 Å². The van der Waals surface area contributed by atoms with Crippen molar-refractivity contribution in [1.82, 2.24) is 9.72 Å². The van der Waals surface area contributed by atoms with E-state index in [4.69, 9.17) is 14.0 Å². The van der Waals surface area contributed by atoms with Gasteiger partial charge in [-0.3, -0.25) is 9.36 Å². The molecule has 0 aliphatic heterocycles. The molecule has 0 N–H and O–H groups in total. The molecule has 1 aromatic carbocycles. The summed E-state index contributed by atoms with van der Waals surface area (Å²) in [5, 5.41) is 3.96. The molecule has 0 aliphatic carbocycles. The van der Waals surface area contributed by atoms with E-state index >= 15 is 0 Å². The average molecular weight is 386 g/mol. The highest BCUT2D eigenvalue weighted by molar-refractivity contribution is 5.99. The zero-order valence-corrected chi connectivity index (χ0v) is 15.7. The average Bonchev–Trinajstić information content (AvgIpc) is 3.21. The molecular formula is C20H19FN2O5. The molecule has 28 heavy (non-hydrogen) atoms. The first-order valence-corrected chi connectivity index (χ1v) is 8.55.